The summed E-state index contributed by atoms with van der Waals surface area (Å²) in [6, 6.07) is 0. The van der Waals surface area contributed by atoms with Gasteiger partial charge >= 0.3 is 0 Å². The van der Waals surface area contributed by atoms with E-state index in [2.05, 4.69) is 26.8 Å². The first-order valence-electron chi connectivity index (χ1n) is 7.25. The Bertz CT molecular complexity index is 753. The number of hydrogen-bond acceptors (Lipinski definition) is 5. The van der Waals surface area contributed by atoms with Crippen LogP contribution in [0.25, 0.3) is 11.0 Å². The van der Waals surface area contributed by atoms with E-state index in [-0.39, 0.29) is 5.25 Å². The molecule has 1 aliphatic heterocycles. The molecule has 1 unspecified atom stereocenters. The molecule has 3 rings (SSSR count). The lowest BCUT2D eigenvalue weighted by Crippen LogP contribution is -2.42. The van der Waals surface area contributed by atoms with Crippen molar-refractivity contribution < 1.29 is 8.42 Å². The Kier molecular flexibility index (Phi) is 3.61. The van der Waals surface area contributed by atoms with Gasteiger partial charge in [0.15, 0.2) is 9.84 Å². The van der Waals surface area contributed by atoms with Crippen LogP contribution in [-0.4, -0.2) is 48.0 Å². The third-order valence-electron chi connectivity index (χ3n) is 4.20. The number of anilines is 1. The van der Waals surface area contributed by atoms with Gasteiger partial charge in [-0.2, -0.15) is 0 Å². The van der Waals surface area contributed by atoms with Crippen molar-refractivity contribution in [2.75, 3.05) is 24.2 Å². The van der Waals surface area contributed by atoms with Gasteiger partial charge in [0.1, 0.15) is 17.8 Å². The number of nitrogens with one attached hydrogen (secondary N) is 1. The Labute approximate surface area is 124 Å². The van der Waals surface area contributed by atoms with E-state index < -0.39 is 9.84 Å². The van der Waals surface area contributed by atoms with E-state index >= 15 is 0 Å². The van der Waals surface area contributed by atoms with Crippen LogP contribution in [0.3, 0.4) is 0 Å². The van der Waals surface area contributed by atoms with Crippen LogP contribution in [-0.2, 0) is 16.3 Å². The Morgan fingerprint density at radius 2 is 2.24 bits per heavy atom. The van der Waals surface area contributed by atoms with Crippen molar-refractivity contribution in [3.63, 3.8) is 0 Å². The number of aromatic nitrogens is 3. The average Bonchev–Trinajstić information content (AvgIpc) is 2.89. The minimum atomic E-state index is -3.02. The van der Waals surface area contributed by atoms with Crippen molar-refractivity contribution >= 4 is 26.7 Å². The predicted octanol–water partition coefficient (Wildman–Crippen LogP) is 1.53. The molecular formula is C14H20N4O2S. The summed E-state index contributed by atoms with van der Waals surface area (Å²) in [5, 5.41) is 0.717. The number of aromatic amines is 1. The van der Waals surface area contributed by atoms with Crippen LogP contribution in [0.4, 0.5) is 5.82 Å². The largest absolute Gasteiger partial charge is 0.355 e. The molecule has 1 aliphatic rings. The summed E-state index contributed by atoms with van der Waals surface area (Å²) in [6.07, 6.45) is 7.32. The van der Waals surface area contributed by atoms with E-state index in [1.807, 2.05) is 6.20 Å². The molecule has 0 aromatic carbocycles. The van der Waals surface area contributed by atoms with Crippen LogP contribution in [0.2, 0.25) is 0 Å². The van der Waals surface area contributed by atoms with Gasteiger partial charge in [-0.3, -0.25) is 0 Å². The van der Waals surface area contributed by atoms with Crippen molar-refractivity contribution in [1.82, 2.24) is 15.0 Å². The number of piperidine rings is 1. The molecule has 1 N–H and O–H groups in total. The molecular weight excluding hydrogens is 288 g/mol. The standard InChI is InChI=1S/C14H20N4O2S/c1-3-10-7-15-13-12(10)14(17-9-16-13)18-6-4-5-11(8-18)21(2,19)20/h7,9,11H,3-6,8H2,1-2H3,(H,15,16,17). The molecule has 1 atom stereocenters. The monoisotopic (exact) mass is 308 g/mol. The third-order valence-corrected chi connectivity index (χ3v) is 5.79. The molecule has 0 saturated carbocycles. The number of hydrogen-bond donors (Lipinski definition) is 1. The molecule has 0 amide bonds. The van der Waals surface area contributed by atoms with Gasteiger partial charge in [0.2, 0.25) is 0 Å². The normalized spacial score (nSPS) is 20.1. The summed E-state index contributed by atoms with van der Waals surface area (Å²) in [4.78, 5) is 13.9. The highest BCUT2D eigenvalue weighted by Crippen LogP contribution is 2.29. The summed E-state index contributed by atoms with van der Waals surface area (Å²) < 4.78 is 23.7. The van der Waals surface area contributed by atoms with Crippen LogP contribution in [0.5, 0.6) is 0 Å². The first-order chi connectivity index (χ1) is 10.0. The van der Waals surface area contributed by atoms with Gasteiger partial charge in [-0.05, 0) is 24.8 Å². The quantitative estimate of drug-likeness (QED) is 0.930. The molecule has 7 heteroatoms. The topological polar surface area (TPSA) is 79.0 Å². The van der Waals surface area contributed by atoms with Gasteiger partial charge in [-0.15, -0.1) is 0 Å². The highest BCUT2D eigenvalue weighted by Gasteiger charge is 2.29. The van der Waals surface area contributed by atoms with Crippen LogP contribution >= 0.6 is 0 Å². The summed E-state index contributed by atoms with van der Waals surface area (Å²) in [5.74, 6) is 0.853. The summed E-state index contributed by atoms with van der Waals surface area (Å²) in [5.41, 5.74) is 1.99. The molecule has 0 radical (unpaired) electrons. The maximum absolute atomic E-state index is 11.8. The number of H-pyrrole nitrogens is 1. The predicted molar refractivity (Wildman–Crippen MR) is 83.3 cm³/mol. The van der Waals surface area contributed by atoms with Crippen LogP contribution in [0, 0.1) is 0 Å². The Balaban J connectivity index is 2.02. The van der Waals surface area contributed by atoms with Crippen LogP contribution < -0.4 is 4.90 Å². The van der Waals surface area contributed by atoms with Crippen LogP contribution in [0.15, 0.2) is 12.5 Å². The van der Waals surface area contributed by atoms with Gasteiger partial charge in [-0.1, -0.05) is 6.92 Å². The van der Waals surface area contributed by atoms with Gasteiger partial charge < -0.3 is 9.88 Å². The molecule has 2 aromatic heterocycles. The first kappa shape index (κ1) is 14.3. The fourth-order valence-electron chi connectivity index (χ4n) is 3.01. The Morgan fingerprint density at radius 1 is 1.43 bits per heavy atom. The molecule has 0 spiro atoms. The second-order valence-corrected chi connectivity index (χ2v) is 7.95. The van der Waals surface area contributed by atoms with E-state index in [1.165, 1.54) is 18.1 Å². The molecule has 0 bridgehead atoms. The summed E-state index contributed by atoms with van der Waals surface area (Å²) in [7, 11) is -3.02. The maximum atomic E-state index is 11.8. The second kappa shape index (κ2) is 5.29. The average molecular weight is 308 g/mol. The molecule has 6 nitrogen and oxygen atoms in total. The third kappa shape index (κ3) is 2.62. The van der Waals surface area contributed by atoms with E-state index in [0.717, 1.165) is 42.7 Å². The van der Waals surface area contributed by atoms with Crippen molar-refractivity contribution in [3.05, 3.63) is 18.1 Å². The van der Waals surface area contributed by atoms with Crippen molar-refractivity contribution in [3.8, 4) is 0 Å². The van der Waals surface area contributed by atoms with Gasteiger partial charge in [0.25, 0.3) is 0 Å². The number of aryl methyl sites for hydroxylation is 1. The highest BCUT2D eigenvalue weighted by atomic mass is 32.2. The summed E-state index contributed by atoms with van der Waals surface area (Å²) >= 11 is 0. The fourth-order valence-corrected chi connectivity index (χ4v) is 4.05. The first-order valence-corrected chi connectivity index (χ1v) is 9.21. The van der Waals surface area contributed by atoms with E-state index in [9.17, 15) is 8.42 Å². The second-order valence-electron chi connectivity index (χ2n) is 5.63. The Hall–Kier alpha value is -1.63. The molecule has 0 aliphatic carbocycles. The van der Waals surface area contributed by atoms with Gasteiger partial charge in [0, 0.05) is 25.5 Å². The van der Waals surface area contributed by atoms with Gasteiger partial charge in [-0.25, -0.2) is 18.4 Å². The van der Waals surface area contributed by atoms with E-state index in [4.69, 9.17) is 0 Å². The lowest BCUT2D eigenvalue weighted by Gasteiger charge is -2.33. The zero-order valence-corrected chi connectivity index (χ0v) is 13.2. The SMILES string of the molecule is CCc1c[nH]c2ncnc(N3CCCC(S(C)(=O)=O)C3)c12. The van der Waals surface area contributed by atoms with Crippen LogP contribution in [0.1, 0.15) is 25.3 Å². The van der Waals surface area contributed by atoms with Crippen molar-refractivity contribution in [2.45, 2.75) is 31.4 Å². The van der Waals surface area contributed by atoms with Gasteiger partial charge in [0.05, 0.1) is 10.6 Å². The zero-order valence-electron chi connectivity index (χ0n) is 12.3. The minimum absolute atomic E-state index is 0.305. The number of rotatable bonds is 3. The molecule has 21 heavy (non-hydrogen) atoms. The fraction of sp³-hybridized carbons (Fsp3) is 0.571. The highest BCUT2D eigenvalue weighted by molar-refractivity contribution is 7.91. The lowest BCUT2D eigenvalue weighted by atomic mass is 10.1. The maximum Gasteiger partial charge on any atom is 0.152 e. The lowest BCUT2D eigenvalue weighted by molar-refractivity contribution is 0.534. The summed E-state index contributed by atoms with van der Waals surface area (Å²) in [6.45, 7) is 3.45. The van der Waals surface area contributed by atoms with Crippen molar-refractivity contribution in [1.29, 1.82) is 0 Å². The number of nitrogens with zero attached hydrogens (tertiary/aromatic N) is 3. The van der Waals surface area contributed by atoms with Crippen molar-refractivity contribution in [2.24, 2.45) is 0 Å². The molecule has 1 fully saturated rings. The molecule has 2 aromatic rings. The molecule has 114 valence electrons. The Morgan fingerprint density at radius 3 is 2.95 bits per heavy atom. The minimum Gasteiger partial charge on any atom is -0.355 e. The molecule has 1 saturated heterocycles. The molecule has 3 heterocycles. The smallest absolute Gasteiger partial charge is 0.152 e. The number of fused-ring (bicyclic) bond motifs is 1. The van der Waals surface area contributed by atoms with E-state index in [0.29, 0.717) is 6.54 Å². The zero-order chi connectivity index (χ0) is 15.0. The van der Waals surface area contributed by atoms with E-state index in [1.54, 1.807) is 0 Å². The number of sulfone groups is 1.